The number of nitrogens with zero attached hydrogens (tertiary/aromatic N) is 2. The molecule has 0 aliphatic heterocycles. The van der Waals surface area contributed by atoms with Crippen molar-refractivity contribution in [3.8, 4) is 5.75 Å². The second-order valence-electron chi connectivity index (χ2n) is 5.38. The Morgan fingerprint density at radius 1 is 1.30 bits per heavy atom. The van der Waals surface area contributed by atoms with Gasteiger partial charge in [0.05, 0.1) is 19.3 Å². The van der Waals surface area contributed by atoms with Crippen LogP contribution in [0.25, 0.3) is 0 Å². The second kappa shape index (κ2) is 7.10. The largest absolute Gasteiger partial charge is 0.497 e. The lowest BCUT2D eigenvalue weighted by atomic mass is 10.2. The van der Waals surface area contributed by atoms with Gasteiger partial charge in [-0.25, -0.2) is 0 Å². The first-order valence-electron chi connectivity index (χ1n) is 7.03. The highest BCUT2D eigenvalue weighted by Gasteiger charge is 2.02. The molecule has 0 radical (unpaired) electrons. The van der Waals surface area contributed by atoms with Gasteiger partial charge in [0.15, 0.2) is 0 Å². The summed E-state index contributed by atoms with van der Waals surface area (Å²) in [4.78, 5) is 0. The van der Waals surface area contributed by atoms with Gasteiger partial charge >= 0.3 is 0 Å². The number of rotatable bonds is 7. The molecule has 4 nitrogen and oxygen atoms in total. The molecule has 2 rings (SSSR count). The predicted octanol–water partition coefficient (Wildman–Crippen LogP) is 2.69. The van der Waals surface area contributed by atoms with E-state index < -0.39 is 0 Å². The van der Waals surface area contributed by atoms with Crippen molar-refractivity contribution in [3.05, 3.63) is 47.8 Å². The second-order valence-corrected chi connectivity index (χ2v) is 5.38. The molecule has 0 atom stereocenters. The van der Waals surface area contributed by atoms with Gasteiger partial charge in [0.1, 0.15) is 5.75 Å². The highest BCUT2D eigenvalue weighted by atomic mass is 16.5. The Bertz CT molecular complexity index is 534. The van der Waals surface area contributed by atoms with Gasteiger partial charge in [-0.05, 0) is 36.2 Å². The number of benzene rings is 1. The predicted molar refractivity (Wildman–Crippen MR) is 80.9 cm³/mol. The highest BCUT2D eigenvalue weighted by Crippen LogP contribution is 2.13. The standard InChI is InChI=1S/C16H23N3O/c1-13(2)10-17-11-15-7-8-19(18-15)12-14-5-4-6-16(9-14)20-3/h4-9,13,17H,10-12H2,1-3H3. The van der Waals surface area contributed by atoms with Gasteiger partial charge < -0.3 is 10.1 Å². The summed E-state index contributed by atoms with van der Waals surface area (Å²) in [5.41, 5.74) is 2.27. The molecule has 0 bridgehead atoms. The van der Waals surface area contributed by atoms with Crippen molar-refractivity contribution < 1.29 is 4.74 Å². The van der Waals surface area contributed by atoms with Crippen LogP contribution in [0.15, 0.2) is 36.5 Å². The van der Waals surface area contributed by atoms with Gasteiger partial charge in [0.2, 0.25) is 0 Å². The van der Waals surface area contributed by atoms with E-state index in [9.17, 15) is 0 Å². The number of nitrogens with one attached hydrogen (secondary N) is 1. The summed E-state index contributed by atoms with van der Waals surface area (Å²) in [7, 11) is 1.69. The summed E-state index contributed by atoms with van der Waals surface area (Å²) in [5.74, 6) is 1.54. The zero-order valence-electron chi connectivity index (χ0n) is 12.5. The van der Waals surface area contributed by atoms with Gasteiger partial charge in [-0.15, -0.1) is 0 Å². The van der Waals surface area contributed by atoms with Crippen molar-refractivity contribution in [2.24, 2.45) is 5.92 Å². The molecule has 1 heterocycles. The van der Waals surface area contributed by atoms with E-state index >= 15 is 0 Å². The van der Waals surface area contributed by atoms with Crippen molar-refractivity contribution in [2.75, 3.05) is 13.7 Å². The Balaban J connectivity index is 1.91. The fourth-order valence-corrected chi connectivity index (χ4v) is 2.03. The van der Waals surface area contributed by atoms with Crippen molar-refractivity contribution in [3.63, 3.8) is 0 Å². The normalized spacial score (nSPS) is 11.0. The molecule has 0 saturated carbocycles. The molecule has 4 heteroatoms. The van der Waals surface area contributed by atoms with E-state index in [0.29, 0.717) is 5.92 Å². The van der Waals surface area contributed by atoms with Crippen molar-refractivity contribution in [2.45, 2.75) is 26.9 Å². The summed E-state index contributed by atoms with van der Waals surface area (Å²) in [5, 5.41) is 7.97. The third-order valence-electron chi connectivity index (χ3n) is 3.03. The maximum atomic E-state index is 5.23. The lowest BCUT2D eigenvalue weighted by molar-refractivity contribution is 0.414. The molecular weight excluding hydrogens is 250 g/mol. The van der Waals surface area contributed by atoms with Gasteiger partial charge in [0.25, 0.3) is 0 Å². The average Bonchev–Trinajstić information content (AvgIpc) is 2.86. The molecule has 0 aliphatic rings. The zero-order valence-corrected chi connectivity index (χ0v) is 12.5. The summed E-state index contributed by atoms with van der Waals surface area (Å²) in [6.45, 7) is 7.01. The SMILES string of the molecule is COc1cccc(Cn2ccc(CNCC(C)C)n2)c1. The van der Waals surface area contributed by atoms with Gasteiger partial charge in [0, 0.05) is 12.7 Å². The van der Waals surface area contributed by atoms with Crippen LogP contribution >= 0.6 is 0 Å². The van der Waals surface area contributed by atoms with E-state index in [4.69, 9.17) is 4.74 Å². The van der Waals surface area contributed by atoms with Crippen molar-refractivity contribution >= 4 is 0 Å². The number of hydrogen-bond donors (Lipinski definition) is 1. The van der Waals surface area contributed by atoms with Crippen molar-refractivity contribution in [1.29, 1.82) is 0 Å². The minimum atomic E-state index is 0.661. The molecule has 1 N–H and O–H groups in total. The van der Waals surface area contributed by atoms with Crippen LogP contribution in [0.5, 0.6) is 5.75 Å². The first-order valence-corrected chi connectivity index (χ1v) is 7.03. The van der Waals surface area contributed by atoms with Crippen LogP contribution in [-0.4, -0.2) is 23.4 Å². The van der Waals surface area contributed by atoms with Crippen LogP contribution in [0.3, 0.4) is 0 Å². The molecule has 0 fully saturated rings. The van der Waals surface area contributed by atoms with Crippen LogP contribution in [-0.2, 0) is 13.1 Å². The zero-order chi connectivity index (χ0) is 14.4. The number of ether oxygens (including phenoxy) is 1. The van der Waals surface area contributed by atoms with Crippen LogP contribution in [0.2, 0.25) is 0 Å². The lowest BCUT2D eigenvalue weighted by Crippen LogP contribution is -2.19. The molecule has 0 amide bonds. The Kier molecular flexibility index (Phi) is 5.18. The maximum Gasteiger partial charge on any atom is 0.119 e. The van der Waals surface area contributed by atoms with E-state index in [1.54, 1.807) is 7.11 Å². The summed E-state index contributed by atoms with van der Waals surface area (Å²) in [6, 6.07) is 10.1. The van der Waals surface area contributed by atoms with Gasteiger partial charge in [-0.3, -0.25) is 4.68 Å². The molecule has 1 aromatic carbocycles. The molecule has 1 aromatic heterocycles. The van der Waals surface area contributed by atoms with E-state index in [0.717, 1.165) is 31.1 Å². The molecule has 108 valence electrons. The van der Waals surface area contributed by atoms with E-state index in [1.165, 1.54) is 5.56 Å². The monoisotopic (exact) mass is 273 g/mol. The minimum Gasteiger partial charge on any atom is -0.497 e. The maximum absolute atomic E-state index is 5.23. The Morgan fingerprint density at radius 2 is 2.15 bits per heavy atom. The van der Waals surface area contributed by atoms with Crippen LogP contribution < -0.4 is 10.1 Å². The van der Waals surface area contributed by atoms with E-state index in [2.05, 4.69) is 36.4 Å². The number of aromatic nitrogens is 2. The topological polar surface area (TPSA) is 39.1 Å². The molecule has 20 heavy (non-hydrogen) atoms. The fraction of sp³-hybridized carbons (Fsp3) is 0.438. The summed E-state index contributed by atoms with van der Waals surface area (Å²) >= 11 is 0. The Hall–Kier alpha value is -1.81. The number of methoxy groups -OCH3 is 1. The summed E-state index contributed by atoms with van der Waals surface area (Å²) < 4.78 is 7.19. The fourth-order valence-electron chi connectivity index (χ4n) is 2.03. The first kappa shape index (κ1) is 14.6. The lowest BCUT2D eigenvalue weighted by Gasteiger charge is -2.06. The third-order valence-corrected chi connectivity index (χ3v) is 3.03. The smallest absolute Gasteiger partial charge is 0.119 e. The average molecular weight is 273 g/mol. The van der Waals surface area contributed by atoms with Gasteiger partial charge in [-0.2, -0.15) is 5.10 Å². The van der Waals surface area contributed by atoms with Crippen LogP contribution in [0, 0.1) is 5.92 Å². The quantitative estimate of drug-likeness (QED) is 0.843. The van der Waals surface area contributed by atoms with Crippen molar-refractivity contribution in [1.82, 2.24) is 15.1 Å². The van der Waals surface area contributed by atoms with Crippen LogP contribution in [0.1, 0.15) is 25.1 Å². The highest BCUT2D eigenvalue weighted by molar-refractivity contribution is 5.28. The van der Waals surface area contributed by atoms with Crippen LogP contribution in [0.4, 0.5) is 0 Å². The molecule has 0 saturated heterocycles. The molecule has 0 unspecified atom stereocenters. The molecular formula is C16H23N3O. The third kappa shape index (κ3) is 4.38. The Labute approximate surface area is 120 Å². The molecule has 0 spiro atoms. The molecule has 2 aromatic rings. The van der Waals surface area contributed by atoms with E-state index in [1.807, 2.05) is 29.1 Å². The summed E-state index contributed by atoms with van der Waals surface area (Å²) in [6.07, 6.45) is 2.02. The minimum absolute atomic E-state index is 0.661. The molecule has 0 aliphatic carbocycles. The first-order chi connectivity index (χ1) is 9.67. The Morgan fingerprint density at radius 3 is 2.90 bits per heavy atom. The number of hydrogen-bond acceptors (Lipinski definition) is 3. The van der Waals surface area contributed by atoms with E-state index in [-0.39, 0.29) is 0 Å². The van der Waals surface area contributed by atoms with Gasteiger partial charge in [-0.1, -0.05) is 26.0 Å².